The van der Waals surface area contributed by atoms with E-state index in [1.54, 1.807) is 6.92 Å². The predicted octanol–water partition coefficient (Wildman–Crippen LogP) is 1.61. The largest absolute Gasteiger partial charge is 0.457 e. The van der Waals surface area contributed by atoms with Crippen molar-refractivity contribution in [1.29, 1.82) is 0 Å². The Labute approximate surface area is 112 Å². The van der Waals surface area contributed by atoms with Gasteiger partial charge in [0.2, 0.25) is 0 Å². The quantitative estimate of drug-likeness (QED) is 0.675. The first kappa shape index (κ1) is 12.9. The Morgan fingerprint density at radius 1 is 1.37 bits per heavy atom. The first-order valence-electron chi connectivity index (χ1n) is 6.98. The molecule has 0 radical (unpaired) electrons. The summed E-state index contributed by atoms with van der Waals surface area (Å²) < 4.78 is 5.49. The van der Waals surface area contributed by atoms with E-state index in [-0.39, 0.29) is 29.0 Å². The van der Waals surface area contributed by atoms with E-state index >= 15 is 0 Å². The van der Waals surface area contributed by atoms with Gasteiger partial charge >= 0.3 is 5.97 Å². The zero-order chi connectivity index (χ0) is 13.9. The SMILES string of the molecule is CC1=C2[C@H]3OC(=O)[C@@H](C)[C@@H]3[C@H](O)C[C@@]2(C)CCC1=O. The lowest BCUT2D eigenvalue weighted by atomic mass is 9.58. The van der Waals surface area contributed by atoms with Gasteiger partial charge in [0.15, 0.2) is 5.78 Å². The smallest absolute Gasteiger partial charge is 0.309 e. The maximum Gasteiger partial charge on any atom is 0.309 e. The molecule has 1 saturated carbocycles. The van der Waals surface area contributed by atoms with Crippen LogP contribution in [0.2, 0.25) is 0 Å². The van der Waals surface area contributed by atoms with Crippen LogP contribution in [0.5, 0.6) is 0 Å². The Kier molecular flexibility index (Phi) is 2.65. The van der Waals surface area contributed by atoms with E-state index in [9.17, 15) is 14.7 Å². The molecule has 2 aliphatic carbocycles. The number of carbonyl (C=O) groups is 2. The van der Waals surface area contributed by atoms with Gasteiger partial charge in [0, 0.05) is 12.3 Å². The summed E-state index contributed by atoms with van der Waals surface area (Å²) in [5, 5.41) is 10.4. The van der Waals surface area contributed by atoms with E-state index in [4.69, 9.17) is 4.74 Å². The molecule has 1 heterocycles. The molecule has 0 bridgehead atoms. The van der Waals surface area contributed by atoms with E-state index in [0.29, 0.717) is 12.8 Å². The lowest BCUT2D eigenvalue weighted by Gasteiger charge is -2.47. The van der Waals surface area contributed by atoms with Crippen LogP contribution in [0.25, 0.3) is 0 Å². The van der Waals surface area contributed by atoms with Gasteiger partial charge in [0.05, 0.1) is 12.0 Å². The summed E-state index contributed by atoms with van der Waals surface area (Å²) in [5.41, 5.74) is 1.51. The first-order valence-corrected chi connectivity index (χ1v) is 6.98. The Morgan fingerprint density at radius 2 is 2.05 bits per heavy atom. The summed E-state index contributed by atoms with van der Waals surface area (Å²) in [6.07, 6.45) is 0.959. The molecule has 3 rings (SSSR count). The molecule has 0 aromatic carbocycles. The van der Waals surface area contributed by atoms with Crippen molar-refractivity contribution in [2.24, 2.45) is 17.3 Å². The summed E-state index contributed by atoms with van der Waals surface area (Å²) in [7, 11) is 0. The second-order valence-corrected chi connectivity index (χ2v) is 6.52. The first-order chi connectivity index (χ1) is 8.85. The van der Waals surface area contributed by atoms with E-state index in [2.05, 4.69) is 6.92 Å². The molecule has 1 saturated heterocycles. The number of hydrogen-bond donors (Lipinski definition) is 1. The highest BCUT2D eigenvalue weighted by Crippen LogP contribution is 2.54. The Hall–Kier alpha value is -1.16. The molecule has 1 N–H and O–H groups in total. The lowest BCUT2D eigenvalue weighted by molar-refractivity contribution is -0.143. The number of esters is 1. The van der Waals surface area contributed by atoms with Crippen LogP contribution in [0.1, 0.15) is 40.0 Å². The van der Waals surface area contributed by atoms with Crippen molar-refractivity contribution in [3.8, 4) is 0 Å². The molecule has 0 aromatic heterocycles. The zero-order valence-electron chi connectivity index (χ0n) is 11.6. The van der Waals surface area contributed by atoms with Crippen LogP contribution in [0.4, 0.5) is 0 Å². The van der Waals surface area contributed by atoms with Crippen molar-refractivity contribution in [2.75, 3.05) is 0 Å². The number of fused-ring (bicyclic) bond motifs is 3. The van der Waals surface area contributed by atoms with Crippen LogP contribution in [0.15, 0.2) is 11.1 Å². The molecular formula is C15H20O4. The topological polar surface area (TPSA) is 63.6 Å². The van der Waals surface area contributed by atoms with E-state index in [1.165, 1.54) is 0 Å². The van der Waals surface area contributed by atoms with Crippen molar-refractivity contribution in [2.45, 2.75) is 52.2 Å². The zero-order valence-corrected chi connectivity index (χ0v) is 11.6. The number of allylic oxidation sites excluding steroid dienone is 1. The van der Waals surface area contributed by atoms with Gasteiger partial charge in [0.1, 0.15) is 6.10 Å². The normalized spacial score (nSPS) is 45.9. The number of Topliss-reactive ketones (excluding diaryl/α,β-unsaturated/α-hetero) is 1. The van der Waals surface area contributed by atoms with Gasteiger partial charge in [-0.2, -0.15) is 0 Å². The number of ketones is 1. The molecule has 0 amide bonds. The third kappa shape index (κ3) is 1.62. The monoisotopic (exact) mass is 264 g/mol. The van der Waals surface area contributed by atoms with Crippen LogP contribution in [-0.2, 0) is 14.3 Å². The molecule has 3 aliphatic rings. The third-order valence-electron chi connectivity index (χ3n) is 5.31. The molecule has 0 aromatic rings. The van der Waals surface area contributed by atoms with Gasteiger partial charge in [-0.05, 0) is 36.3 Å². The molecular weight excluding hydrogens is 244 g/mol. The van der Waals surface area contributed by atoms with E-state index < -0.39 is 12.2 Å². The summed E-state index contributed by atoms with van der Waals surface area (Å²) in [5.74, 6) is -0.590. The Morgan fingerprint density at radius 3 is 2.74 bits per heavy atom. The number of carbonyl (C=O) groups excluding carboxylic acids is 2. The fourth-order valence-corrected chi connectivity index (χ4v) is 4.20. The predicted molar refractivity (Wildman–Crippen MR) is 68.2 cm³/mol. The average Bonchev–Trinajstić information content (AvgIpc) is 2.61. The van der Waals surface area contributed by atoms with Crippen LogP contribution in [-0.4, -0.2) is 29.1 Å². The van der Waals surface area contributed by atoms with Gasteiger partial charge in [0.25, 0.3) is 0 Å². The number of aliphatic hydroxyl groups excluding tert-OH is 1. The van der Waals surface area contributed by atoms with E-state index in [1.807, 2.05) is 6.92 Å². The van der Waals surface area contributed by atoms with Gasteiger partial charge in [-0.1, -0.05) is 13.8 Å². The highest BCUT2D eigenvalue weighted by Gasteiger charge is 2.57. The second kappa shape index (κ2) is 3.92. The highest BCUT2D eigenvalue weighted by molar-refractivity contribution is 5.97. The standard InChI is InChI=1S/C15H20O4/c1-7-9(16)4-5-15(3)6-10(17)11-8(2)14(18)19-13(11)12(7)15/h8,10-11,13,17H,4-6H2,1-3H3/t8-,10+,11+,13-,15+/m0/s1. The van der Waals surface area contributed by atoms with Crippen LogP contribution >= 0.6 is 0 Å². The molecule has 4 nitrogen and oxygen atoms in total. The summed E-state index contributed by atoms with van der Waals surface area (Å²) in [4.78, 5) is 23.8. The van der Waals surface area contributed by atoms with Crippen molar-refractivity contribution in [1.82, 2.24) is 0 Å². The molecule has 19 heavy (non-hydrogen) atoms. The van der Waals surface area contributed by atoms with Crippen molar-refractivity contribution >= 4 is 11.8 Å². The summed E-state index contributed by atoms with van der Waals surface area (Å²) in [6.45, 7) is 5.72. The van der Waals surface area contributed by atoms with Crippen LogP contribution < -0.4 is 0 Å². The molecule has 4 heteroatoms. The maximum absolute atomic E-state index is 12.0. The minimum absolute atomic E-state index is 0.151. The maximum atomic E-state index is 12.0. The Bertz CT molecular complexity index is 492. The minimum Gasteiger partial charge on any atom is -0.457 e. The number of hydrogen-bond acceptors (Lipinski definition) is 4. The fourth-order valence-electron chi connectivity index (χ4n) is 4.20. The van der Waals surface area contributed by atoms with Gasteiger partial charge in [-0.15, -0.1) is 0 Å². The van der Waals surface area contributed by atoms with Crippen molar-refractivity contribution < 1.29 is 19.4 Å². The van der Waals surface area contributed by atoms with Crippen molar-refractivity contribution in [3.05, 3.63) is 11.1 Å². The third-order valence-corrected chi connectivity index (χ3v) is 5.31. The fraction of sp³-hybridized carbons (Fsp3) is 0.733. The lowest BCUT2D eigenvalue weighted by Crippen LogP contribution is -2.48. The van der Waals surface area contributed by atoms with Gasteiger partial charge in [-0.3, -0.25) is 9.59 Å². The number of aliphatic hydroxyl groups is 1. The molecule has 2 fully saturated rings. The highest BCUT2D eigenvalue weighted by atomic mass is 16.6. The molecule has 1 aliphatic heterocycles. The number of ether oxygens (including phenoxy) is 1. The molecule has 5 atom stereocenters. The van der Waals surface area contributed by atoms with Gasteiger partial charge < -0.3 is 9.84 Å². The van der Waals surface area contributed by atoms with Gasteiger partial charge in [-0.25, -0.2) is 0 Å². The average molecular weight is 264 g/mol. The molecule has 0 unspecified atom stereocenters. The number of rotatable bonds is 0. The summed E-state index contributed by atoms with van der Waals surface area (Å²) in [6, 6.07) is 0. The van der Waals surface area contributed by atoms with Crippen LogP contribution in [0.3, 0.4) is 0 Å². The summed E-state index contributed by atoms with van der Waals surface area (Å²) >= 11 is 0. The minimum atomic E-state index is -0.527. The van der Waals surface area contributed by atoms with Crippen molar-refractivity contribution in [3.63, 3.8) is 0 Å². The van der Waals surface area contributed by atoms with E-state index in [0.717, 1.165) is 17.6 Å². The Balaban J connectivity index is 2.12. The second-order valence-electron chi connectivity index (χ2n) is 6.52. The molecule has 0 spiro atoms. The molecule has 104 valence electrons. The van der Waals surface area contributed by atoms with Crippen LogP contribution in [0, 0.1) is 17.3 Å².